The third kappa shape index (κ3) is 5.67. The van der Waals surface area contributed by atoms with E-state index in [2.05, 4.69) is 10.4 Å². The second-order valence-electron chi connectivity index (χ2n) is 7.49. The Hall–Kier alpha value is -3.90. The van der Waals surface area contributed by atoms with Gasteiger partial charge in [0.2, 0.25) is 5.88 Å². The van der Waals surface area contributed by atoms with E-state index >= 15 is 0 Å². The predicted octanol–water partition coefficient (Wildman–Crippen LogP) is 4.96. The molecule has 1 heterocycles. The number of hydrogen-bond donors (Lipinski definition) is 1. The van der Waals surface area contributed by atoms with E-state index in [4.69, 9.17) is 16.3 Å². The molecular formula is C26H22ClN3O3. The van der Waals surface area contributed by atoms with E-state index in [0.29, 0.717) is 28.8 Å². The van der Waals surface area contributed by atoms with Crippen molar-refractivity contribution in [1.29, 1.82) is 0 Å². The summed E-state index contributed by atoms with van der Waals surface area (Å²) in [4.78, 5) is 25.0. The number of carbonyl (C=O) groups excluding carboxylic acids is 1. The summed E-state index contributed by atoms with van der Waals surface area (Å²) in [6, 6.07) is 26.5. The topological polar surface area (TPSA) is 73.2 Å². The molecule has 33 heavy (non-hydrogen) atoms. The van der Waals surface area contributed by atoms with Gasteiger partial charge in [-0.2, -0.15) is 4.68 Å². The zero-order valence-corrected chi connectivity index (χ0v) is 18.7. The number of nitrogens with one attached hydrogen (secondary N) is 1. The van der Waals surface area contributed by atoms with Crippen LogP contribution in [0.5, 0.6) is 5.88 Å². The molecule has 0 aliphatic heterocycles. The number of ether oxygens (including phenoxy) is 1. The highest BCUT2D eigenvalue weighted by Gasteiger charge is 2.12. The molecule has 3 aromatic carbocycles. The Morgan fingerprint density at radius 2 is 1.67 bits per heavy atom. The Morgan fingerprint density at radius 1 is 0.970 bits per heavy atom. The quantitative estimate of drug-likeness (QED) is 0.424. The average molecular weight is 460 g/mol. The molecule has 7 heteroatoms. The zero-order valence-electron chi connectivity index (χ0n) is 17.9. The van der Waals surface area contributed by atoms with Crippen molar-refractivity contribution >= 4 is 17.5 Å². The first kappa shape index (κ1) is 22.3. The molecule has 0 fully saturated rings. The van der Waals surface area contributed by atoms with Gasteiger partial charge in [0.25, 0.3) is 11.5 Å². The van der Waals surface area contributed by atoms with E-state index in [-0.39, 0.29) is 17.5 Å². The number of amides is 1. The van der Waals surface area contributed by atoms with Gasteiger partial charge in [0, 0.05) is 22.7 Å². The molecule has 1 amide bonds. The summed E-state index contributed by atoms with van der Waals surface area (Å²) in [6.45, 7) is 2.22. The Labute approximate surface area is 196 Å². The molecule has 0 radical (unpaired) electrons. The summed E-state index contributed by atoms with van der Waals surface area (Å²) in [5, 5.41) is 7.92. The van der Waals surface area contributed by atoms with Crippen LogP contribution in [-0.2, 0) is 6.61 Å². The van der Waals surface area contributed by atoms with Crippen molar-refractivity contribution in [2.24, 2.45) is 0 Å². The molecule has 0 spiro atoms. The minimum atomic E-state index is -0.302. The molecule has 0 unspecified atom stereocenters. The maximum Gasteiger partial charge on any atom is 0.271 e. The highest BCUT2D eigenvalue weighted by Crippen LogP contribution is 2.15. The molecule has 4 aromatic rings. The van der Waals surface area contributed by atoms with Gasteiger partial charge in [0.05, 0.1) is 11.7 Å². The Kier molecular flexibility index (Phi) is 6.86. The van der Waals surface area contributed by atoms with Crippen molar-refractivity contribution in [3.8, 4) is 11.6 Å². The second-order valence-corrected chi connectivity index (χ2v) is 7.93. The number of halogens is 1. The lowest BCUT2D eigenvalue weighted by Crippen LogP contribution is -2.26. The zero-order chi connectivity index (χ0) is 23.2. The lowest BCUT2D eigenvalue weighted by molar-refractivity contribution is 0.0940. The standard InChI is InChI=1S/C26H22ClN3O3/c1-18(20-5-3-2-4-6-20)28-26(32)21-9-13-23(14-10-21)30-25(31)16-15-24(29-30)33-17-19-7-11-22(27)12-8-19/h2-16,18H,17H2,1H3,(H,28,32)/t18-/m1/s1. The third-order valence-corrected chi connectivity index (χ3v) is 5.35. The van der Waals surface area contributed by atoms with E-state index in [9.17, 15) is 9.59 Å². The number of benzene rings is 3. The van der Waals surface area contributed by atoms with Crippen molar-refractivity contribution in [2.75, 3.05) is 0 Å². The summed E-state index contributed by atoms with van der Waals surface area (Å²) in [5.41, 5.74) is 2.67. The van der Waals surface area contributed by atoms with Gasteiger partial charge in [-0.3, -0.25) is 9.59 Å². The minimum absolute atomic E-state index is 0.128. The molecule has 0 saturated carbocycles. The van der Waals surface area contributed by atoms with E-state index in [1.54, 1.807) is 36.4 Å². The highest BCUT2D eigenvalue weighted by molar-refractivity contribution is 6.30. The fraction of sp³-hybridized carbons (Fsp3) is 0.115. The van der Waals surface area contributed by atoms with Gasteiger partial charge in [0.15, 0.2) is 0 Å². The fourth-order valence-electron chi connectivity index (χ4n) is 3.25. The number of hydrogen-bond acceptors (Lipinski definition) is 4. The van der Waals surface area contributed by atoms with E-state index in [1.165, 1.54) is 16.8 Å². The van der Waals surface area contributed by atoms with Crippen molar-refractivity contribution in [2.45, 2.75) is 19.6 Å². The van der Waals surface area contributed by atoms with E-state index in [0.717, 1.165) is 11.1 Å². The van der Waals surface area contributed by atoms with Crippen molar-refractivity contribution in [1.82, 2.24) is 15.1 Å². The summed E-state index contributed by atoms with van der Waals surface area (Å²) >= 11 is 5.90. The van der Waals surface area contributed by atoms with Crippen molar-refractivity contribution < 1.29 is 9.53 Å². The maximum absolute atomic E-state index is 12.6. The van der Waals surface area contributed by atoms with Gasteiger partial charge in [-0.25, -0.2) is 0 Å². The molecule has 0 aliphatic rings. The first-order chi connectivity index (χ1) is 16.0. The second kappa shape index (κ2) is 10.1. The van der Waals surface area contributed by atoms with Crippen LogP contribution in [-0.4, -0.2) is 15.7 Å². The molecule has 1 aromatic heterocycles. The van der Waals surface area contributed by atoms with Gasteiger partial charge >= 0.3 is 0 Å². The van der Waals surface area contributed by atoms with Crippen LogP contribution < -0.4 is 15.6 Å². The predicted molar refractivity (Wildman–Crippen MR) is 128 cm³/mol. The monoisotopic (exact) mass is 459 g/mol. The van der Waals surface area contributed by atoms with Gasteiger partial charge in [-0.1, -0.05) is 54.1 Å². The van der Waals surface area contributed by atoms with Crippen molar-refractivity contribution in [3.05, 3.63) is 123 Å². The Balaban J connectivity index is 1.45. The van der Waals surface area contributed by atoms with Gasteiger partial charge in [-0.05, 0) is 54.4 Å². The van der Waals surface area contributed by atoms with Crippen LogP contribution >= 0.6 is 11.6 Å². The van der Waals surface area contributed by atoms with Crippen LogP contribution in [0.1, 0.15) is 34.5 Å². The van der Waals surface area contributed by atoms with E-state index in [1.807, 2.05) is 49.4 Å². The van der Waals surface area contributed by atoms with Crippen LogP contribution in [0.4, 0.5) is 0 Å². The van der Waals surface area contributed by atoms with Crippen LogP contribution in [0.25, 0.3) is 5.69 Å². The number of aromatic nitrogens is 2. The molecule has 1 N–H and O–H groups in total. The Bertz CT molecular complexity index is 1290. The molecule has 4 rings (SSSR count). The number of carbonyl (C=O) groups is 1. The van der Waals surface area contributed by atoms with Gasteiger partial charge in [0.1, 0.15) is 6.61 Å². The molecule has 0 bridgehead atoms. The van der Waals surface area contributed by atoms with Gasteiger partial charge in [-0.15, -0.1) is 5.10 Å². The average Bonchev–Trinajstić information content (AvgIpc) is 2.85. The summed E-state index contributed by atoms with van der Waals surface area (Å²) in [7, 11) is 0. The Morgan fingerprint density at radius 3 is 2.36 bits per heavy atom. The minimum Gasteiger partial charge on any atom is -0.472 e. The summed E-state index contributed by atoms with van der Waals surface area (Å²) in [6.07, 6.45) is 0. The maximum atomic E-state index is 12.6. The SMILES string of the molecule is C[C@@H](NC(=O)c1ccc(-n2nc(OCc3ccc(Cl)cc3)ccc2=O)cc1)c1ccccc1. The third-order valence-electron chi connectivity index (χ3n) is 5.10. The number of rotatable bonds is 7. The lowest BCUT2D eigenvalue weighted by atomic mass is 10.1. The fourth-order valence-corrected chi connectivity index (χ4v) is 3.38. The van der Waals surface area contributed by atoms with E-state index < -0.39 is 0 Å². The number of nitrogens with zero attached hydrogens (tertiary/aromatic N) is 2. The molecule has 166 valence electrons. The lowest BCUT2D eigenvalue weighted by Gasteiger charge is -2.14. The largest absolute Gasteiger partial charge is 0.472 e. The molecule has 6 nitrogen and oxygen atoms in total. The van der Waals surface area contributed by atoms with Gasteiger partial charge < -0.3 is 10.1 Å². The smallest absolute Gasteiger partial charge is 0.271 e. The van der Waals surface area contributed by atoms with Crippen LogP contribution in [0.2, 0.25) is 5.02 Å². The molecule has 1 atom stereocenters. The molecule has 0 saturated heterocycles. The van der Waals surface area contributed by atoms with Crippen LogP contribution in [0, 0.1) is 0 Å². The normalized spacial score (nSPS) is 11.6. The highest BCUT2D eigenvalue weighted by atomic mass is 35.5. The van der Waals surface area contributed by atoms with Crippen LogP contribution in [0.3, 0.4) is 0 Å². The van der Waals surface area contributed by atoms with Crippen LogP contribution in [0.15, 0.2) is 95.8 Å². The first-order valence-electron chi connectivity index (χ1n) is 10.4. The molecule has 0 aliphatic carbocycles. The first-order valence-corrected chi connectivity index (χ1v) is 10.8. The summed E-state index contributed by atoms with van der Waals surface area (Å²) < 4.78 is 6.96. The summed E-state index contributed by atoms with van der Waals surface area (Å²) in [5.74, 6) is 0.112. The van der Waals surface area contributed by atoms with Crippen molar-refractivity contribution in [3.63, 3.8) is 0 Å². The molecular weight excluding hydrogens is 438 g/mol.